The van der Waals surface area contributed by atoms with E-state index >= 15 is 0 Å². The lowest BCUT2D eigenvalue weighted by atomic mass is 9.43. The second-order valence-electron chi connectivity index (χ2n) is 11.1. The number of fused-ring (bicyclic) bond motifs is 1. The number of hydrogen-bond donors (Lipinski definition) is 2. The molecule has 0 radical (unpaired) electrons. The Bertz CT molecular complexity index is 758. The van der Waals surface area contributed by atoms with Crippen molar-refractivity contribution >= 4 is 5.78 Å². The third kappa shape index (κ3) is 2.22. The van der Waals surface area contributed by atoms with Crippen LogP contribution in [0.3, 0.4) is 0 Å². The number of Topliss-reactive ketones (excluding diaryl/α,β-unsaturated/α-hetero) is 1. The zero-order valence-corrected chi connectivity index (χ0v) is 17.9. The number of carbonyl (C=O) groups is 1. The van der Waals surface area contributed by atoms with Crippen LogP contribution in [0.5, 0.6) is 0 Å². The molecular weight excluding hydrogens is 372 g/mol. The number of carbonyl (C=O) groups excluding carboxylic acids is 1. The van der Waals surface area contributed by atoms with Crippen LogP contribution in [0, 0.1) is 34.0 Å². The van der Waals surface area contributed by atoms with Gasteiger partial charge in [-0.25, -0.2) is 0 Å². The van der Waals surface area contributed by atoms with Gasteiger partial charge in [0.1, 0.15) is 5.41 Å². The van der Waals surface area contributed by atoms with Crippen molar-refractivity contribution < 1.29 is 29.2 Å². The van der Waals surface area contributed by atoms with E-state index in [9.17, 15) is 15.0 Å². The highest BCUT2D eigenvalue weighted by atomic mass is 16.8. The standard InChI is InChI=1S/C23H34O6/c1-12-13-6-7-14-22(15(10-24)20(2,3)9-8-16(22)25)11-27-19-23(14,17(12)26)18(13)28-21(4,5)29-19/h13-16,18-19,24-25H,1,6-11H2,2-5H3/t13-,14-,15+,16-,18+,19+,22-,23-/m0/s1. The van der Waals surface area contributed by atoms with Crippen LogP contribution in [0.4, 0.5) is 0 Å². The fraction of sp³-hybridized carbons (Fsp3) is 0.870. The molecule has 2 N–H and O–H groups in total. The molecule has 2 heterocycles. The average Bonchev–Trinajstić information content (AvgIpc) is 2.76. The van der Waals surface area contributed by atoms with E-state index in [-0.39, 0.29) is 48.3 Å². The highest BCUT2D eigenvalue weighted by Crippen LogP contribution is 2.71. The second-order valence-corrected chi connectivity index (χ2v) is 11.1. The van der Waals surface area contributed by atoms with E-state index in [0.29, 0.717) is 12.0 Å². The summed E-state index contributed by atoms with van der Waals surface area (Å²) in [5.74, 6) is -1.27. The maximum absolute atomic E-state index is 13.8. The van der Waals surface area contributed by atoms with Crippen LogP contribution < -0.4 is 0 Å². The summed E-state index contributed by atoms with van der Waals surface area (Å²) in [6, 6.07) is 0. The van der Waals surface area contributed by atoms with Gasteiger partial charge in [0.15, 0.2) is 17.9 Å². The van der Waals surface area contributed by atoms with E-state index in [1.807, 2.05) is 13.8 Å². The molecule has 0 aromatic rings. The molecule has 2 bridgehead atoms. The Kier molecular flexibility index (Phi) is 4.11. The van der Waals surface area contributed by atoms with Crippen LogP contribution >= 0.6 is 0 Å². The molecule has 5 fully saturated rings. The zero-order valence-electron chi connectivity index (χ0n) is 17.9. The maximum Gasteiger partial charge on any atom is 0.176 e. The first-order chi connectivity index (χ1) is 13.5. The number of aliphatic hydroxyl groups excluding tert-OH is 2. The van der Waals surface area contributed by atoms with Gasteiger partial charge in [-0.05, 0) is 62.4 Å². The van der Waals surface area contributed by atoms with Crippen LogP contribution in [0.25, 0.3) is 0 Å². The summed E-state index contributed by atoms with van der Waals surface area (Å²) in [6.45, 7) is 12.4. The lowest BCUT2D eigenvalue weighted by Gasteiger charge is -2.67. The van der Waals surface area contributed by atoms with Gasteiger partial charge in [0.25, 0.3) is 0 Å². The van der Waals surface area contributed by atoms with Crippen molar-refractivity contribution in [3.63, 3.8) is 0 Å². The van der Waals surface area contributed by atoms with Crippen LogP contribution in [-0.4, -0.2) is 53.5 Å². The van der Waals surface area contributed by atoms with Crippen LogP contribution in [0.15, 0.2) is 12.2 Å². The summed E-state index contributed by atoms with van der Waals surface area (Å²) in [4.78, 5) is 13.8. The van der Waals surface area contributed by atoms with Crippen molar-refractivity contribution in [2.75, 3.05) is 13.2 Å². The van der Waals surface area contributed by atoms with Crippen molar-refractivity contribution in [3.8, 4) is 0 Å². The van der Waals surface area contributed by atoms with E-state index in [1.54, 1.807) is 0 Å². The maximum atomic E-state index is 13.8. The third-order valence-corrected chi connectivity index (χ3v) is 9.09. The van der Waals surface area contributed by atoms with Crippen molar-refractivity contribution in [1.29, 1.82) is 0 Å². The Morgan fingerprint density at radius 1 is 1.14 bits per heavy atom. The summed E-state index contributed by atoms with van der Waals surface area (Å²) in [7, 11) is 0. The molecule has 0 aromatic carbocycles. The highest BCUT2D eigenvalue weighted by Gasteiger charge is 2.79. The van der Waals surface area contributed by atoms with Gasteiger partial charge in [0.05, 0.1) is 18.8 Å². The SMILES string of the molecule is C=C1C(=O)[C@@]23[C@@H]4OC[C@@]5([C@H](CO)C(C)(C)CC[C@@H]5O)[C@@H]2CC[C@@H]1[C@H]3OC(C)(C)O4. The van der Waals surface area contributed by atoms with Crippen molar-refractivity contribution in [1.82, 2.24) is 0 Å². The van der Waals surface area contributed by atoms with Crippen molar-refractivity contribution in [3.05, 3.63) is 12.2 Å². The molecular formula is C23H34O6. The van der Waals surface area contributed by atoms with Crippen LogP contribution in [-0.2, 0) is 19.0 Å². The number of ketones is 1. The minimum atomic E-state index is -0.990. The first-order valence-corrected chi connectivity index (χ1v) is 11.0. The molecule has 2 aliphatic heterocycles. The molecule has 5 aliphatic rings. The van der Waals surface area contributed by atoms with Gasteiger partial charge in [-0.3, -0.25) is 4.79 Å². The molecule has 8 atom stereocenters. The summed E-state index contributed by atoms with van der Waals surface area (Å²) >= 11 is 0. The quantitative estimate of drug-likeness (QED) is 0.651. The van der Waals surface area contributed by atoms with Gasteiger partial charge < -0.3 is 24.4 Å². The highest BCUT2D eigenvalue weighted by molar-refractivity contribution is 6.04. The molecule has 3 saturated carbocycles. The molecule has 0 unspecified atom stereocenters. The first kappa shape index (κ1) is 20.1. The largest absolute Gasteiger partial charge is 0.396 e. The van der Waals surface area contributed by atoms with Crippen LogP contribution in [0.1, 0.15) is 53.4 Å². The fourth-order valence-corrected chi connectivity index (χ4v) is 7.84. The van der Waals surface area contributed by atoms with Crippen molar-refractivity contribution in [2.45, 2.75) is 77.7 Å². The number of ether oxygens (including phenoxy) is 3. The number of aliphatic hydroxyl groups is 2. The fourth-order valence-electron chi connectivity index (χ4n) is 7.84. The minimum absolute atomic E-state index is 0.0261. The van der Waals surface area contributed by atoms with E-state index in [0.717, 1.165) is 19.3 Å². The Labute approximate surface area is 172 Å². The van der Waals surface area contributed by atoms with E-state index < -0.39 is 29.0 Å². The van der Waals surface area contributed by atoms with Gasteiger partial charge in [-0.15, -0.1) is 0 Å². The minimum Gasteiger partial charge on any atom is -0.396 e. The third-order valence-electron chi connectivity index (χ3n) is 9.09. The van der Waals surface area contributed by atoms with E-state index in [1.165, 1.54) is 0 Å². The molecule has 3 aliphatic carbocycles. The van der Waals surface area contributed by atoms with Gasteiger partial charge in [0.2, 0.25) is 0 Å². The molecule has 2 spiro atoms. The summed E-state index contributed by atoms with van der Waals surface area (Å²) < 4.78 is 18.9. The molecule has 0 amide bonds. The van der Waals surface area contributed by atoms with Gasteiger partial charge in [-0.1, -0.05) is 20.4 Å². The molecule has 0 aromatic heterocycles. The molecule has 5 rings (SSSR count). The van der Waals surface area contributed by atoms with Gasteiger partial charge in [0, 0.05) is 17.9 Å². The Balaban J connectivity index is 1.71. The van der Waals surface area contributed by atoms with Gasteiger partial charge >= 0.3 is 0 Å². The topological polar surface area (TPSA) is 85.2 Å². The summed E-state index contributed by atoms with van der Waals surface area (Å²) in [5.41, 5.74) is -1.25. The summed E-state index contributed by atoms with van der Waals surface area (Å²) in [6.07, 6.45) is 1.35. The second kappa shape index (κ2) is 5.92. The Morgan fingerprint density at radius 3 is 2.55 bits per heavy atom. The lowest BCUT2D eigenvalue weighted by molar-refractivity contribution is -0.439. The average molecular weight is 407 g/mol. The normalized spacial score (nSPS) is 52.5. The van der Waals surface area contributed by atoms with E-state index in [4.69, 9.17) is 14.2 Å². The van der Waals surface area contributed by atoms with Crippen molar-refractivity contribution in [2.24, 2.45) is 34.0 Å². The van der Waals surface area contributed by atoms with Gasteiger partial charge in [-0.2, -0.15) is 0 Å². The predicted octanol–water partition coefficient (Wildman–Crippen LogP) is 2.42. The Hall–Kier alpha value is -0.790. The number of rotatable bonds is 1. The van der Waals surface area contributed by atoms with Crippen LogP contribution in [0.2, 0.25) is 0 Å². The first-order valence-electron chi connectivity index (χ1n) is 11.0. The molecule has 6 nitrogen and oxygen atoms in total. The number of hydrogen-bond acceptors (Lipinski definition) is 6. The molecule has 29 heavy (non-hydrogen) atoms. The smallest absolute Gasteiger partial charge is 0.176 e. The predicted molar refractivity (Wildman–Crippen MR) is 105 cm³/mol. The lowest BCUT2D eigenvalue weighted by Crippen LogP contribution is -2.75. The zero-order chi connectivity index (χ0) is 21.0. The molecule has 6 heteroatoms. The summed E-state index contributed by atoms with van der Waals surface area (Å²) in [5, 5.41) is 21.9. The Morgan fingerprint density at radius 2 is 1.86 bits per heavy atom. The van der Waals surface area contributed by atoms with E-state index in [2.05, 4.69) is 20.4 Å². The molecule has 162 valence electrons. The monoisotopic (exact) mass is 406 g/mol. The molecule has 2 saturated heterocycles.